The molecule has 1 aliphatic carbocycles. The molecule has 1 aromatic carbocycles. The van der Waals surface area contributed by atoms with E-state index in [4.69, 9.17) is 5.73 Å². The van der Waals surface area contributed by atoms with Crippen LogP contribution in [0.4, 0.5) is 0 Å². The lowest BCUT2D eigenvalue weighted by Crippen LogP contribution is -2.22. The first kappa shape index (κ1) is 13.3. The van der Waals surface area contributed by atoms with E-state index in [1.807, 2.05) is 0 Å². The molecule has 2 unspecified atom stereocenters. The molecule has 1 aromatic heterocycles. The molecule has 0 amide bonds. The van der Waals surface area contributed by atoms with Gasteiger partial charge in [-0.15, -0.1) is 11.3 Å². The van der Waals surface area contributed by atoms with Gasteiger partial charge < -0.3 is 5.73 Å². The van der Waals surface area contributed by atoms with Crippen LogP contribution in [0.25, 0.3) is 0 Å². The average molecular weight is 337 g/mol. The van der Waals surface area contributed by atoms with Gasteiger partial charge in [0.05, 0.1) is 0 Å². The number of hydrogen-bond acceptors (Lipinski definition) is 3. The van der Waals surface area contributed by atoms with Crippen molar-refractivity contribution in [3.63, 3.8) is 0 Å². The zero-order valence-electron chi connectivity index (χ0n) is 10.8. The largest absolute Gasteiger partial charge is 0.324 e. The highest BCUT2D eigenvalue weighted by atomic mass is 79.9. The Balaban J connectivity index is 1.80. The Labute approximate surface area is 126 Å². The van der Waals surface area contributed by atoms with E-state index in [1.165, 1.54) is 20.5 Å². The molecule has 2 aromatic rings. The average Bonchev–Trinajstić information content (AvgIpc) is 2.95. The van der Waals surface area contributed by atoms with Crippen molar-refractivity contribution in [2.45, 2.75) is 25.0 Å². The molecule has 100 valence electrons. The fourth-order valence-corrected chi connectivity index (χ4v) is 4.37. The highest BCUT2D eigenvalue weighted by Crippen LogP contribution is 2.41. The SMILES string of the molecule is CN(Cc1cc(Br)cs1)C1CC(N)c2ccccc21. The summed E-state index contributed by atoms with van der Waals surface area (Å²) in [5, 5.41) is 2.14. The van der Waals surface area contributed by atoms with Crippen LogP contribution in [0.2, 0.25) is 0 Å². The lowest BCUT2D eigenvalue weighted by molar-refractivity contribution is 0.231. The quantitative estimate of drug-likeness (QED) is 0.914. The number of halogens is 1. The van der Waals surface area contributed by atoms with Crippen LogP contribution in [-0.4, -0.2) is 11.9 Å². The third kappa shape index (κ3) is 2.63. The molecule has 0 bridgehead atoms. The molecule has 0 saturated carbocycles. The third-order valence-corrected chi connectivity index (χ3v) is 5.47. The van der Waals surface area contributed by atoms with Crippen LogP contribution in [0.3, 0.4) is 0 Å². The summed E-state index contributed by atoms with van der Waals surface area (Å²) >= 11 is 5.31. The van der Waals surface area contributed by atoms with Crippen LogP contribution >= 0.6 is 27.3 Å². The normalized spacial score (nSPS) is 21.9. The first-order valence-electron chi connectivity index (χ1n) is 6.42. The van der Waals surface area contributed by atoms with Crippen molar-refractivity contribution in [3.05, 3.63) is 56.2 Å². The van der Waals surface area contributed by atoms with Gasteiger partial charge in [-0.3, -0.25) is 4.90 Å². The zero-order chi connectivity index (χ0) is 13.4. The molecule has 0 spiro atoms. The van der Waals surface area contributed by atoms with Crippen molar-refractivity contribution < 1.29 is 0 Å². The maximum absolute atomic E-state index is 6.24. The predicted octanol–water partition coefficient (Wildman–Crippen LogP) is 4.09. The number of nitrogens with zero attached hydrogens (tertiary/aromatic N) is 1. The van der Waals surface area contributed by atoms with Crippen molar-refractivity contribution in [2.24, 2.45) is 5.73 Å². The minimum atomic E-state index is 0.179. The van der Waals surface area contributed by atoms with Gasteiger partial charge in [-0.1, -0.05) is 24.3 Å². The molecule has 3 rings (SSSR count). The van der Waals surface area contributed by atoms with Gasteiger partial charge in [0.25, 0.3) is 0 Å². The van der Waals surface area contributed by atoms with Crippen LogP contribution < -0.4 is 5.73 Å². The smallest absolute Gasteiger partial charge is 0.0370 e. The second kappa shape index (κ2) is 5.37. The van der Waals surface area contributed by atoms with Gasteiger partial charge in [0.15, 0.2) is 0 Å². The molecule has 0 saturated heterocycles. The van der Waals surface area contributed by atoms with E-state index in [2.05, 4.69) is 63.6 Å². The van der Waals surface area contributed by atoms with Crippen LogP contribution in [0.1, 0.15) is 34.5 Å². The van der Waals surface area contributed by atoms with Crippen LogP contribution in [-0.2, 0) is 6.54 Å². The van der Waals surface area contributed by atoms with Crippen LogP contribution in [0.5, 0.6) is 0 Å². The van der Waals surface area contributed by atoms with Gasteiger partial charge in [-0.25, -0.2) is 0 Å². The molecule has 1 aliphatic rings. The maximum atomic E-state index is 6.24. The Kier molecular flexibility index (Phi) is 3.76. The van der Waals surface area contributed by atoms with Crippen LogP contribution in [0.15, 0.2) is 40.2 Å². The van der Waals surface area contributed by atoms with Gasteiger partial charge in [-0.2, -0.15) is 0 Å². The molecular formula is C15H17BrN2S. The highest BCUT2D eigenvalue weighted by Gasteiger charge is 2.30. The lowest BCUT2D eigenvalue weighted by Gasteiger charge is -2.24. The lowest BCUT2D eigenvalue weighted by atomic mass is 10.1. The van der Waals surface area contributed by atoms with Crippen molar-refractivity contribution in [3.8, 4) is 0 Å². The number of hydrogen-bond donors (Lipinski definition) is 1. The standard InChI is InChI=1S/C15H17BrN2S/c1-18(8-11-6-10(16)9-19-11)15-7-14(17)12-4-2-3-5-13(12)15/h2-6,9,14-15H,7-8,17H2,1H3. The fraction of sp³-hybridized carbons (Fsp3) is 0.333. The summed E-state index contributed by atoms with van der Waals surface area (Å²) in [6.45, 7) is 0.974. The second-order valence-electron chi connectivity index (χ2n) is 5.13. The van der Waals surface area contributed by atoms with Crippen molar-refractivity contribution >= 4 is 27.3 Å². The van der Waals surface area contributed by atoms with E-state index in [0.717, 1.165) is 13.0 Å². The molecule has 4 heteroatoms. The van der Waals surface area contributed by atoms with Gasteiger partial charge in [0, 0.05) is 33.4 Å². The van der Waals surface area contributed by atoms with Crippen LogP contribution in [0, 0.1) is 0 Å². The van der Waals surface area contributed by atoms with E-state index in [-0.39, 0.29) is 6.04 Å². The van der Waals surface area contributed by atoms with E-state index in [1.54, 1.807) is 11.3 Å². The predicted molar refractivity (Wildman–Crippen MR) is 84.2 cm³/mol. The van der Waals surface area contributed by atoms with Gasteiger partial charge >= 0.3 is 0 Å². The van der Waals surface area contributed by atoms with E-state index >= 15 is 0 Å². The number of benzene rings is 1. The Morgan fingerprint density at radius 2 is 2.11 bits per heavy atom. The Hall–Kier alpha value is -0.680. The minimum absolute atomic E-state index is 0.179. The summed E-state index contributed by atoms with van der Waals surface area (Å²) in [6.07, 6.45) is 1.02. The first-order valence-corrected chi connectivity index (χ1v) is 8.10. The molecule has 19 heavy (non-hydrogen) atoms. The Morgan fingerprint density at radius 1 is 1.37 bits per heavy atom. The summed E-state index contributed by atoms with van der Waals surface area (Å²) in [5.74, 6) is 0. The fourth-order valence-electron chi connectivity index (χ4n) is 2.86. The monoisotopic (exact) mass is 336 g/mol. The molecule has 0 radical (unpaired) electrons. The van der Waals surface area contributed by atoms with Crippen molar-refractivity contribution in [2.75, 3.05) is 7.05 Å². The molecule has 0 fully saturated rings. The van der Waals surface area contributed by atoms with E-state index < -0.39 is 0 Å². The van der Waals surface area contributed by atoms with E-state index in [0.29, 0.717) is 6.04 Å². The van der Waals surface area contributed by atoms with E-state index in [9.17, 15) is 0 Å². The summed E-state index contributed by atoms with van der Waals surface area (Å²) in [7, 11) is 2.19. The summed E-state index contributed by atoms with van der Waals surface area (Å²) in [6, 6.07) is 11.4. The summed E-state index contributed by atoms with van der Waals surface area (Å²) in [4.78, 5) is 3.79. The van der Waals surface area contributed by atoms with Gasteiger partial charge in [0.1, 0.15) is 0 Å². The molecule has 1 heterocycles. The number of thiophene rings is 1. The summed E-state index contributed by atoms with van der Waals surface area (Å²) < 4.78 is 1.17. The molecule has 2 atom stereocenters. The second-order valence-corrected chi connectivity index (χ2v) is 7.04. The van der Waals surface area contributed by atoms with Crippen molar-refractivity contribution in [1.82, 2.24) is 4.90 Å². The summed E-state index contributed by atoms with van der Waals surface area (Å²) in [5.41, 5.74) is 8.95. The maximum Gasteiger partial charge on any atom is 0.0370 e. The number of fused-ring (bicyclic) bond motifs is 1. The molecule has 2 nitrogen and oxygen atoms in total. The molecule has 2 N–H and O–H groups in total. The third-order valence-electron chi connectivity index (χ3n) is 3.79. The number of nitrogens with two attached hydrogens (primary N) is 1. The molecular weight excluding hydrogens is 320 g/mol. The first-order chi connectivity index (χ1) is 9.15. The van der Waals surface area contributed by atoms with Gasteiger partial charge in [0.2, 0.25) is 0 Å². The highest BCUT2D eigenvalue weighted by molar-refractivity contribution is 9.10. The topological polar surface area (TPSA) is 29.3 Å². The number of rotatable bonds is 3. The minimum Gasteiger partial charge on any atom is -0.324 e. The van der Waals surface area contributed by atoms with Gasteiger partial charge in [-0.05, 0) is 46.6 Å². The zero-order valence-corrected chi connectivity index (χ0v) is 13.2. The Bertz CT molecular complexity index is 581. The molecule has 0 aliphatic heterocycles. The van der Waals surface area contributed by atoms with Crippen molar-refractivity contribution in [1.29, 1.82) is 0 Å². The Morgan fingerprint density at radius 3 is 2.79 bits per heavy atom.